The van der Waals surface area contributed by atoms with Crippen LogP contribution < -0.4 is 4.90 Å². The molecule has 0 aliphatic carbocycles. The number of rotatable bonds is 2. The van der Waals surface area contributed by atoms with Gasteiger partial charge in [-0.3, -0.25) is 0 Å². The standard InChI is InChI=1S/C14H24N2S2/c1-10-6-5-7-16(8-10)13-15-12(14(2,3)4)11(9-17)18-13/h10,17H,5-9H2,1-4H3. The highest BCUT2D eigenvalue weighted by molar-refractivity contribution is 7.79. The van der Waals surface area contributed by atoms with E-state index in [4.69, 9.17) is 4.98 Å². The van der Waals surface area contributed by atoms with Crippen LogP contribution in [0.4, 0.5) is 5.13 Å². The summed E-state index contributed by atoms with van der Waals surface area (Å²) in [7, 11) is 0. The van der Waals surface area contributed by atoms with E-state index in [2.05, 4.69) is 45.2 Å². The third-order valence-electron chi connectivity index (χ3n) is 3.47. The molecule has 0 aromatic carbocycles. The highest BCUT2D eigenvalue weighted by atomic mass is 32.1. The predicted molar refractivity (Wildman–Crippen MR) is 84.1 cm³/mol. The molecule has 102 valence electrons. The molecule has 0 bridgehead atoms. The van der Waals surface area contributed by atoms with Crippen molar-refractivity contribution in [2.75, 3.05) is 18.0 Å². The minimum atomic E-state index is 0.119. The van der Waals surface area contributed by atoms with Crippen molar-refractivity contribution in [2.24, 2.45) is 5.92 Å². The largest absolute Gasteiger partial charge is 0.348 e. The molecule has 0 N–H and O–H groups in total. The van der Waals surface area contributed by atoms with E-state index in [1.165, 1.54) is 28.5 Å². The van der Waals surface area contributed by atoms with Gasteiger partial charge in [0, 0.05) is 29.1 Å². The summed E-state index contributed by atoms with van der Waals surface area (Å²) in [5.74, 6) is 1.59. The summed E-state index contributed by atoms with van der Waals surface area (Å²) in [5.41, 5.74) is 1.35. The second-order valence-corrected chi connectivity index (χ2v) is 7.75. The Balaban J connectivity index is 2.26. The molecule has 2 rings (SSSR count). The van der Waals surface area contributed by atoms with Gasteiger partial charge in [0.1, 0.15) is 0 Å². The van der Waals surface area contributed by atoms with Crippen LogP contribution in [0, 0.1) is 5.92 Å². The Hall–Kier alpha value is -0.220. The van der Waals surface area contributed by atoms with Crippen molar-refractivity contribution in [3.8, 4) is 0 Å². The molecule has 1 aliphatic heterocycles. The van der Waals surface area contributed by atoms with E-state index in [1.807, 2.05) is 11.3 Å². The molecule has 1 aliphatic rings. The van der Waals surface area contributed by atoms with Crippen LogP contribution >= 0.6 is 24.0 Å². The maximum Gasteiger partial charge on any atom is 0.185 e. The minimum absolute atomic E-state index is 0.119. The van der Waals surface area contributed by atoms with Gasteiger partial charge in [0.2, 0.25) is 0 Å². The number of hydrogen-bond donors (Lipinski definition) is 1. The summed E-state index contributed by atoms with van der Waals surface area (Å²) < 4.78 is 0. The number of thiol groups is 1. The Morgan fingerprint density at radius 2 is 2.17 bits per heavy atom. The molecular formula is C14H24N2S2. The Kier molecular flexibility index (Phi) is 4.27. The lowest BCUT2D eigenvalue weighted by Crippen LogP contribution is -2.34. The molecule has 0 radical (unpaired) electrons. The van der Waals surface area contributed by atoms with Crippen molar-refractivity contribution in [1.29, 1.82) is 0 Å². The topological polar surface area (TPSA) is 16.1 Å². The van der Waals surface area contributed by atoms with Crippen LogP contribution in [0.3, 0.4) is 0 Å². The van der Waals surface area contributed by atoms with Gasteiger partial charge in [0.15, 0.2) is 5.13 Å². The first kappa shape index (κ1) is 14.2. The maximum absolute atomic E-state index is 4.91. The Morgan fingerprint density at radius 1 is 1.44 bits per heavy atom. The molecule has 1 saturated heterocycles. The Bertz CT molecular complexity index is 406. The van der Waals surface area contributed by atoms with Crippen molar-refractivity contribution >= 4 is 29.1 Å². The zero-order chi connectivity index (χ0) is 13.3. The number of nitrogens with zero attached hydrogens (tertiary/aromatic N) is 2. The van der Waals surface area contributed by atoms with Gasteiger partial charge >= 0.3 is 0 Å². The quantitative estimate of drug-likeness (QED) is 0.823. The Labute approximate surface area is 120 Å². The summed E-state index contributed by atoms with van der Waals surface area (Å²) in [6, 6.07) is 0. The van der Waals surface area contributed by atoms with E-state index in [-0.39, 0.29) is 5.41 Å². The first-order valence-electron chi connectivity index (χ1n) is 6.78. The number of hydrogen-bond acceptors (Lipinski definition) is 4. The van der Waals surface area contributed by atoms with Crippen LogP contribution in [0.1, 0.15) is 51.1 Å². The molecule has 1 atom stereocenters. The van der Waals surface area contributed by atoms with Gasteiger partial charge in [-0.2, -0.15) is 12.6 Å². The van der Waals surface area contributed by atoms with Gasteiger partial charge in [0.05, 0.1) is 5.69 Å². The molecule has 1 aromatic rings. The summed E-state index contributed by atoms with van der Waals surface area (Å²) in [4.78, 5) is 8.70. The van der Waals surface area contributed by atoms with Crippen LogP contribution in [-0.2, 0) is 11.2 Å². The normalized spacial score (nSPS) is 21.4. The predicted octanol–water partition coefficient (Wildman–Crippen LogP) is 4.11. The van der Waals surface area contributed by atoms with Crippen molar-refractivity contribution in [1.82, 2.24) is 4.98 Å². The zero-order valence-electron chi connectivity index (χ0n) is 11.9. The average Bonchev–Trinajstić information content (AvgIpc) is 2.72. The monoisotopic (exact) mass is 284 g/mol. The van der Waals surface area contributed by atoms with Crippen LogP contribution in [-0.4, -0.2) is 18.1 Å². The fraction of sp³-hybridized carbons (Fsp3) is 0.786. The molecule has 0 spiro atoms. The molecule has 0 saturated carbocycles. The molecule has 1 fully saturated rings. The average molecular weight is 284 g/mol. The lowest BCUT2D eigenvalue weighted by molar-refractivity contribution is 0.445. The van der Waals surface area contributed by atoms with Gasteiger partial charge in [0.25, 0.3) is 0 Å². The van der Waals surface area contributed by atoms with Crippen molar-refractivity contribution in [3.63, 3.8) is 0 Å². The zero-order valence-corrected chi connectivity index (χ0v) is 13.6. The lowest BCUT2D eigenvalue weighted by atomic mass is 9.91. The second kappa shape index (κ2) is 5.41. The third-order valence-corrected chi connectivity index (χ3v) is 5.11. The number of aromatic nitrogens is 1. The van der Waals surface area contributed by atoms with Gasteiger partial charge in [-0.1, -0.05) is 27.7 Å². The minimum Gasteiger partial charge on any atom is -0.348 e. The van der Waals surface area contributed by atoms with Gasteiger partial charge in [-0.15, -0.1) is 11.3 Å². The van der Waals surface area contributed by atoms with Gasteiger partial charge in [-0.05, 0) is 18.8 Å². The Morgan fingerprint density at radius 3 is 2.67 bits per heavy atom. The lowest BCUT2D eigenvalue weighted by Gasteiger charge is -2.30. The van der Waals surface area contributed by atoms with Crippen LogP contribution in [0.25, 0.3) is 0 Å². The van der Waals surface area contributed by atoms with Gasteiger partial charge in [-0.25, -0.2) is 4.98 Å². The van der Waals surface area contributed by atoms with Crippen molar-refractivity contribution < 1.29 is 0 Å². The highest BCUT2D eigenvalue weighted by Gasteiger charge is 2.26. The molecule has 4 heteroatoms. The van der Waals surface area contributed by atoms with Crippen LogP contribution in [0.2, 0.25) is 0 Å². The smallest absolute Gasteiger partial charge is 0.185 e. The van der Waals surface area contributed by atoms with E-state index < -0.39 is 0 Å². The second-order valence-electron chi connectivity index (χ2n) is 6.37. The van der Waals surface area contributed by atoms with E-state index in [0.717, 1.165) is 24.8 Å². The van der Waals surface area contributed by atoms with E-state index in [1.54, 1.807) is 0 Å². The first-order chi connectivity index (χ1) is 8.41. The number of anilines is 1. The summed E-state index contributed by atoms with van der Waals surface area (Å²) in [5, 5.41) is 1.20. The molecule has 1 unspecified atom stereocenters. The molecule has 0 amide bonds. The summed E-state index contributed by atoms with van der Waals surface area (Å²) in [6.07, 6.45) is 2.65. The fourth-order valence-corrected chi connectivity index (χ4v) is 4.04. The number of piperidine rings is 1. The summed E-state index contributed by atoms with van der Waals surface area (Å²) in [6.45, 7) is 11.4. The van der Waals surface area contributed by atoms with Crippen molar-refractivity contribution in [2.45, 2.75) is 51.7 Å². The van der Waals surface area contributed by atoms with Crippen LogP contribution in [0.15, 0.2) is 0 Å². The van der Waals surface area contributed by atoms with E-state index in [9.17, 15) is 0 Å². The van der Waals surface area contributed by atoms with Gasteiger partial charge < -0.3 is 4.90 Å². The molecule has 18 heavy (non-hydrogen) atoms. The van der Waals surface area contributed by atoms with Crippen molar-refractivity contribution in [3.05, 3.63) is 10.6 Å². The SMILES string of the molecule is CC1CCCN(c2nc(C(C)(C)C)c(CS)s2)C1. The molecular weight excluding hydrogens is 260 g/mol. The fourth-order valence-electron chi connectivity index (χ4n) is 2.53. The maximum atomic E-state index is 4.91. The van der Waals surface area contributed by atoms with E-state index in [0.29, 0.717) is 0 Å². The summed E-state index contributed by atoms with van der Waals surface area (Å²) >= 11 is 6.29. The third kappa shape index (κ3) is 3.02. The highest BCUT2D eigenvalue weighted by Crippen LogP contribution is 2.36. The van der Waals surface area contributed by atoms with Crippen LogP contribution in [0.5, 0.6) is 0 Å². The number of thiazole rings is 1. The molecule has 2 nitrogen and oxygen atoms in total. The molecule has 2 heterocycles. The molecule has 1 aromatic heterocycles. The van der Waals surface area contributed by atoms with E-state index >= 15 is 0 Å². The first-order valence-corrected chi connectivity index (χ1v) is 8.22.